The molecule has 33 heavy (non-hydrogen) atoms. The first-order valence-electron chi connectivity index (χ1n) is 9.76. The van der Waals surface area contributed by atoms with Gasteiger partial charge in [-0.25, -0.2) is 22.9 Å². The third kappa shape index (κ3) is 4.04. The highest BCUT2D eigenvalue weighted by Crippen LogP contribution is 2.29. The number of halogens is 3. The van der Waals surface area contributed by atoms with Gasteiger partial charge in [0.25, 0.3) is 0 Å². The Labute approximate surface area is 185 Å². The lowest BCUT2D eigenvalue weighted by Crippen LogP contribution is -2.24. The highest BCUT2D eigenvalue weighted by molar-refractivity contribution is 5.91. The van der Waals surface area contributed by atoms with Crippen LogP contribution in [0.1, 0.15) is 28.8 Å². The van der Waals surface area contributed by atoms with E-state index in [1.165, 1.54) is 29.7 Å². The van der Waals surface area contributed by atoms with Crippen LogP contribution in [-0.4, -0.2) is 29.7 Å². The number of imidazole rings is 1. The maximum atomic E-state index is 14.8. The summed E-state index contributed by atoms with van der Waals surface area (Å²) in [5.74, 6) is -2.43. The van der Waals surface area contributed by atoms with E-state index in [0.29, 0.717) is 5.69 Å². The molecule has 0 aliphatic carbocycles. The second-order valence-electron chi connectivity index (χ2n) is 7.31. The largest absolute Gasteiger partial charge is 0.436 e. The summed E-state index contributed by atoms with van der Waals surface area (Å²) in [6, 6.07) is 7.14. The molecule has 0 unspecified atom stereocenters. The fourth-order valence-corrected chi connectivity index (χ4v) is 3.36. The van der Waals surface area contributed by atoms with E-state index in [2.05, 4.69) is 10.1 Å². The Hall–Kier alpha value is -4.15. The predicted molar refractivity (Wildman–Crippen MR) is 111 cm³/mol. The van der Waals surface area contributed by atoms with Crippen LogP contribution in [0.2, 0.25) is 0 Å². The van der Waals surface area contributed by atoms with E-state index in [9.17, 15) is 22.8 Å². The maximum absolute atomic E-state index is 14.8. The van der Waals surface area contributed by atoms with Gasteiger partial charge >= 0.3 is 5.69 Å². The van der Waals surface area contributed by atoms with Gasteiger partial charge in [-0.2, -0.15) is 9.78 Å². The quantitative estimate of drug-likeness (QED) is 0.414. The van der Waals surface area contributed by atoms with Gasteiger partial charge in [0.2, 0.25) is 5.88 Å². The average molecular weight is 457 g/mol. The van der Waals surface area contributed by atoms with E-state index in [4.69, 9.17) is 4.74 Å². The van der Waals surface area contributed by atoms with Crippen LogP contribution in [0.15, 0.2) is 47.5 Å². The molecule has 0 N–H and O–H groups in total. The zero-order valence-electron chi connectivity index (χ0n) is 17.8. The lowest BCUT2D eigenvalue weighted by Gasteiger charge is -2.10. The van der Waals surface area contributed by atoms with Gasteiger partial charge < -0.3 is 4.74 Å². The Morgan fingerprint density at radius 1 is 1.09 bits per heavy atom. The van der Waals surface area contributed by atoms with Crippen molar-refractivity contribution in [3.8, 4) is 17.3 Å². The number of Topliss-reactive ketones (excluding diaryl/α,β-unsaturated/α-hetero) is 1. The van der Waals surface area contributed by atoms with Crippen LogP contribution in [0.3, 0.4) is 0 Å². The number of hydrogen-bond donors (Lipinski definition) is 0. The third-order valence-electron chi connectivity index (χ3n) is 5.01. The molecule has 0 fully saturated rings. The van der Waals surface area contributed by atoms with E-state index < -0.39 is 23.1 Å². The topological polar surface area (TPSA) is 83.9 Å². The summed E-state index contributed by atoms with van der Waals surface area (Å²) < 4.78 is 51.5. The van der Waals surface area contributed by atoms with Crippen molar-refractivity contribution >= 4 is 5.78 Å². The molecule has 0 aliphatic rings. The first kappa shape index (κ1) is 22.1. The monoisotopic (exact) mass is 457 g/mol. The number of benzene rings is 2. The molecule has 0 radical (unpaired) electrons. The first-order chi connectivity index (χ1) is 15.7. The fraction of sp³-hybridized carbons (Fsp3) is 0.182. The third-order valence-corrected chi connectivity index (χ3v) is 5.01. The highest BCUT2D eigenvalue weighted by Gasteiger charge is 2.19. The van der Waals surface area contributed by atoms with Crippen molar-refractivity contribution in [1.29, 1.82) is 0 Å². The molecule has 4 rings (SSSR count). The van der Waals surface area contributed by atoms with E-state index in [0.717, 1.165) is 33.8 Å². The van der Waals surface area contributed by atoms with E-state index >= 15 is 0 Å². The number of nitrogens with zero attached hydrogens (tertiary/aromatic N) is 5. The Morgan fingerprint density at radius 3 is 2.39 bits per heavy atom. The number of ether oxygens (including phenoxy) is 1. The summed E-state index contributed by atoms with van der Waals surface area (Å²) in [5, 5.41) is 3.91. The lowest BCUT2D eigenvalue weighted by atomic mass is 10.2. The summed E-state index contributed by atoms with van der Waals surface area (Å²) in [5.41, 5.74) is -0.505. The van der Waals surface area contributed by atoms with Gasteiger partial charge in [0.1, 0.15) is 23.7 Å². The van der Waals surface area contributed by atoms with Gasteiger partial charge in [-0.1, -0.05) is 6.07 Å². The summed E-state index contributed by atoms with van der Waals surface area (Å²) in [6.45, 7) is 2.61. The number of aromatic nitrogens is 5. The van der Waals surface area contributed by atoms with Crippen molar-refractivity contribution in [2.45, 2.75) is 20.4 Å². The van der Waals surface area contributed by atoms with Gasteiger partial charge in [0, 0.05) is 25.6 Å². The van der Waals surface area contributed by atoms with Crippen LogP contribution in [0.5, 0.6) is 11.6 Å². The van der Waals surface area contributed by atoms with Crippen molar-refractivity contribution in [2.24, 2.45) is 7.05 Å². The molecule has 0 bridgehead atoms. The molecule has 2 aromatic heterocycles. The van der Waals surface area contributed by atoms with Crippen LogP contribution in [0.4, 0.5) is 13.2 Å². The van der Waals surface area contributed by atoms with Crippen LogP contribution in [0, 0.1) is 24.4 Å². The first-order valence-corrected chi connectivity index (χ1v) is 9.76. The summed E-state index contributed by atoms with van der Waals surface area (Å²) in [7, 11) is 1.57. The number of carbonyl (C=O) groups is 1. The number of hydrogen-bond acceptors (Lipinski definition) is 5. The Balaban J connectivity index is 1.62. The minimum atomic E-state index is -0.793. The number of carbonyl (C=O) groups excluding carboxylic acids is 1. The SMILES string of the molecule is CC(=O)c1nc(C)c(Oc2ccc(-n3ncn(Cc4c(F)cccc4F)c3=O)cc2F)n1C. The van der Waals surface area contributed by atoms with Crippen molar-refractivity contribution < 1.29 is 22.7 Å². The molecule has 170 valence electrons. The molecule has 8 nitrogen and oxygen atoms in total. The second-order valence-corrected chi connectivity index (χ2v) is 7.31. The van der Waals surface area contributed by atoms with Crippen LogP contribution >= 0.6 is 0 Å². The highest BCUT2D eigenvalue weighted by atomic mass is 19.1. The number of rotatable bonds is 6. The van der Waals surface area contributed by atoms with E-state index in [1.807, 2.05) is 0 Å². The normalized spacial score (nSPS) is 11.1. The molecule has 2 heterocycles. The second kappa shape index (κ2) is 8.41. The minimum absolute atomic E-state index is 0.0868. The average Bonchev–Trinajstić information content (AvgIpc) is 3.26. The standard InChI is InChI=1S/C22H18F3N5O3/c1-12-21(28(3)20(27-12)13(2)31)33-19-8-7-14(9-18(19)25)30-22(32)29(11-26-30)10-15-16(23)5-4-6-17(15)24/h4-9,11H,10H2,1-3H3. The summed E-state index contributed by atoms with van der Waals surface area (Å²) in [6.07, 6.45) is 1.11. The molecule has 0 spiro atoms. The van der Waals surface area contributed by atoms with Crippen molar-refractivity contribution in [1.82, 2.24) is 23.9 Å². The fourth-order valence-electron chi connectivity index (χ4n) is 3.36. The van der Waals surface area contributed by atoms with Gasteiger partial charge in [0.05, 0.1) is 12.2 Å². The summed E-state index contributed by atoms with van der Waals surface area (Å²) >= 11 is 0. The predicted octanol–water partition coefficient (Wildman–Crippen LogP) is 3.54. The van der Waals surface area contributed by atoms with Crippen molar-refractivity contribution in [2.75, 3.05) is 0 Å². The lowest BCUT2D eigenvalue weighted by molar-refractivity contribution is 0.1000. The number of ketones is 1. The van der Waals surface area contributed by atoms with Crippen LogP contribution in [0.25, 0.3) is 5.69 Å². The maximum Gasteiger partial charge on any atom is 0.350 e. The smallest absolute Gasteiger partial charge is 0.350 e. The van der Waals surface area contributed by atoms with Crippen LogP contribution < -0.4 is 10.4 Å². The molecule has 0 saturated carbocycles. The van der Waals surface area contributed by atoms with Gasteiger partial charge in [-0.3, -0.25) is 13.9 Å². The van der Waals surface area contributed by atoms with Crippen molar-refractivity contribution in [3.63, 3.8) is 0 Å². The summed E-state index contributed by atoms with van der Waals surface area (Å²) in [4.78, 5) is 28.4. The molecule has 0 amide bonds. The zero-order valence-corrected chi connectivity index (χ0v) is 17.8. The number of aryl methyl sites for hydroxylation is 1. The molecule has 4 aromatic rings. The van der Waals surface area contributed by atoms with E-state index in [-0.39, 0.29) is 41.0 Å². The zero-order chi connectivity index (χ0) is 23.9. The molecule has 0 atom stereocenters. The van der Waals surface area contributed by atoms with E-state index in [1.54, 1.807) is 14.0 Å². The van der Waals surface area contributed by atoms with Gasteiger partial charge in [-0.15, -0.1) is 0 Å². The molecular weight excluding hydrogens is 439 g/mol. The minimum Gasteiger partial charge on any atom is -0.436 e. The van der Waals surface area contributed by atoms with Crippen molar-refractivity contribution in [3.05, 3.63) is 87.7 Å². The molecule has 0 aliphatic heterocycles. The molecular formula is C22H18F3N5O3. The molecule has 0 saturated heterocycles. The van der Waals surface area contributed by atoms with Crippen LogP contribution in [-0.2, 0) is 13.6 Å². The Morgan fingerprint density at radius 2 is 1.79 bits per heavy atom. The van der Waals surface area contributed by atoms with Gasteiger partial charge in [-0.05, 0) is 31.2 Å². The molecule has 2 aromatic carbocycles. The Kier molecular flexibility index (Phi) is 5.62. The molecule has 11 heteroatoms. The Bertz CT molecular complexity index is 1420. The van der Waals surface area contributed by atoms with Gasteiger partial charge in [0.15, 0.2) is 23.2 Å².